The van der Waals surface area contributed by atoms with Gasteiger partial charge in [0.25, 0.3) is 0 Å². The van der Waals surface area contributed by atoms with Gasteiger partial charge in [0.2, 0.25) is 0 Å². The molecule has 0 bridgehead atoms. The minimum Gasteiger partial charge on any atom is -0.209 e. The first-order valence-corrected chi connectivity index (χ1v) is 18.9. The maximum Gasteiger partial charge on any atom is 0.164 e. The number of aryl methyl sites for hydroxylation is 1. The van der Waals surface area contributed by atoms with Crippen LogP contribution >= 0.6 is 22.7 Å². The van der Waals surface area contributed by atoms with Gasteiger partial charge in [0, 0.05) is 46.3 Å². The maximum absolute atomic E-state index is 5.22. The van der Waals surface area contributed by atoms with Crippen LogP contribution in [0.2, 0.25) is 0 Å². The molecule has 0 atom stereocenters. The van der Waals surface area contributed by atoms with Crippen molar-refractivity contribution in [3.63, 3.8) is 0 Å². The number of hydrogen-bond acceptors (Lipinski definition) is 5. The molecule has 0 saturated carbocycles. The average molecular weight is 678 g/mol. The summed E-state index contributed by atoms with van der Waals surface area (Å²) in [6.07, 6.45) is 15.1. The van der Waals surface area contributed by atoms with Crippen LogP contribution in [-0.2, 0) is 6.42 Å². The van der Waals surface area contributed by atoms with E-state index in [4.69, 9.17) is 15.0 Å². The molecule has 238 valence electrons. The molecular formula is C45H31N3S2. The molecule has 0 saturated heterocycles. The second kappa shape index (κ2) is 12.1. The van der Waals surface area contributed by atoms with E-state index in [1.807, 2.05) is 40.9 Å². The molecule has 3 heterocycles. The molecule has 0 unspecified atom stereocenters. The van der Waals surface area contributed by atoms with E-state index in [9.17, 15) is 0 Å². The third-order valence-electron chi connectivity index (χ3n) is 9.86. The van der Waals surface area contributed by atoms with Crippen LogP contribution in [0.25, 0.3) is 86.9 Å². The third kappa shape index (κ3) is 5.04. The van der Waals surface area contributed by atoms with Crippen molar-refractivity contribution in [2.24, 2.45) is 0 Å². The summed E-state index contributed by atoms with van der Waals surface area (Å²) in [5, 5.41) is 3.97. The normalized spacial score (nSPS) is 14.0. The van der Waals surface area contributed by atoms with Crippen molar-refractivity contribution in [3.8, 4) is 45.0 Å². The molecule has 0 amide bonds. The zero-order chi connectivity index (χ0) is 33.0. The molecule has 2 aliphatic carbocycles. The highest BCUT2D eigenvalue weighted by molar-refractivity contribution is 7.26. The van der Waals surface area contributed by atoms with Crippen LogP contribution in [0.4, 0.5) is 0 Å². The number of rotatable bonds is 5. The van der Waals surface area contributed by atoms with Crippen molar-refractivity contribution in [2.45, 2.75) is 25.7 Å². The zero-order valence-corrected chi connectivity index (χ0v) is 28.9. The van der Waals surface area contributed by atoms with E-state index < -0.39 is 0 Å². The lowest BCUT2D eigenvalue weighted by Gasteiger charge is -2.15. The molecular weight excluding hydrogens is 647 g/mol. The van der Waals surface area contributed by atoms with Crippen molar-refractivity contribution < 1.29 is 0 Å². The summed E-state index contributed by atoms with van der Waals surface area (Å²) in [7, 11) is 0. The van der Waals surface area contributed by atoms with Gasteiger partial charge in [-0.15, -0.1) is 22.7 Å². The van der Waals surface area contributed by atoms with E-state index in [0.29, 0.717) is 11.6 Å². The highest BCUT2D eigenvalue weighted by Crippen LogP contribution is 2.45. The summed E-state index contributed by atoms with van der Waals surface area (Å²) in [6.45, 7) is 0. The summed E-state index contributed by atoms with van der Waals surface area (Å²) in [4.78, 5) is 16.8. The molecule has 10 rings (SSSR count). The van der Waals surface area contributed by atoms with Crippen LogP contribution in [0.15, 0.2) is 133 Å². The molecule has 50 heavy (non-hydrogen) atoms. The van der Waals surface area contributed by atoms with Gasteiger partial charge in [-0.05, 0) is 102 Å². The largest absolute Gasteiger partial charge is 0.209 e. The molecule has 0 radical (unpaired) electrons. The number of nitrogens with zero attached hydrogens (tertiary/aromatic N) is 3. The van der Waals surface area contributed by atoms with Gasteiger partial charge in [-0.25, -0.2) is 15.0 Å². The Kier molecular flexibility index (Phi) is 7.14. The van der Waals surface area contributed by atoms with Crippen LogP contribution in [-0.4, -0.2) is 15.0 Å². The molecule has 0 aliphatic heterocycles. The van der Waals surface area contributed by atoms with Crippen molar-refractivity contribution in [1.29, 1.82) is 0 Å². The monoisotopic (exact) mass is 677 g/mol. The Hall–Kier alpha value is -5.49. The van der Waals surface area contributed by atoms with E-state index in [2.05, 4.69) is 121 Å². The SMILES string of the molecule is C1=CCCC(c2nc(-c3ccccc3)nc(-c3cc(-c4cccc5sc6c(c45)CCC=C6)cc(-c4cccc5sc6ccccc6c45)c3)n2)=C1. The lowest BCUT2D eigenvalue weighted by atomic mass is 9.90. The van der Waals surface area contributed by atoms with Crippen LogP contribution in [0.3, 0.4) is 0 Å². The van der Waals surface area contributed by atoms with Gasteiger partial charge in [0.1, 0.15) is 0 Å². The smallest absolute Gasteiger partial charge is 0.164 e. The van der Waals surface area contributed by atoms with Gasteiger partial charge in [0.05, 0.1) is 0 Å². The minimum atomic E-state index is 0.692. The predicted molar refractivity (Wildman–Crippen MR) is 214 cm³/mol. The van der Waals surface area contributed by atoms with Crippen molar-refractivity contribution in [2.75, 3.05) is 0 Å². The standard InChI is InChI=1S/C45H31N3S2/c1-3-13-28(14-4-1)43-46-44(29-15-5-2-6-16-29)48-45(47-43)32-26-30(33-19-11-23-39-41(33)35-17-7-9-21-37(35)49-39)25-31(27-32)34-20-12-24-40-42(34)36-18-8-10-22-38(36)50-40/h1-5,7,9-15,17,19-27H,6,8,16,18H2. The molecule has 8 aromatic rings. The lowest BCUT2D eigenvalue weighted by Crippen LogP contribution is -2.04. The van der Waals surface area contributed by atoms with Gasteiger partial charge >= 0.3 is 0 Å². The van der Waals surface area contributed by atoms with Crippen molar-refractivity contribution in [1.82, 2.24) is 15.0 Å². The molecule has 3 aromatic heterocycles. The summed E-state index contributed by atoms with van der Waals surface area (Å²) in [6, 6.07) is 39.5. The number of hydrogen-bond donors (Lipinski definition) is 0. The summed E-state index contributed by atoms with van der Waals surface area (Å²) >= 11 is 3.76. The number of allylic oxidation sites excluding steroid dienone is 5. The lowest BCUT2D eigenvalue weighted by molar-refractivity contribution is 0.978. The van der Waals surface area contributed by atoms with E-state index in [-0.39, 0.29) is 0 Å². The van der Waals surface area contributed by atoms with Crippen molar-refractivity contribution >= 4 is 64.6 Å². The first-order valence-electron chi connectivity index (χ1n) is 17.2. The quantitative estimate of drug-likeness (QED) is 0.182. The van der Waals surface area contributed by atoms with Gasteiger partial charge in [-0.3, -0.25) is 0 Å². The van der Waals surface area contributed by atoms with Crippen molar-refractivity contribution in [3.05, 3.63) is 150 Å². The van der Waals surface area contributed by atoms with Gasteiger partial charge in [0.15, 0.2) is 17.5 Å². The van der Waals surface area contributed by atoms with Crippen LogP contribution in [0.5, 0.6) is 0 Å². The Morgan fingerprint density at radius 3 is 1.96 bits per heavy atom. The number of aromatic nitrogens is 3. The number of benzene rings is 5. The van der Waals surface area contributed by atoms with E-state index in [1.54, 1.807) is 0 Å². The molecule has 3 nitrogen and oxygen atoms in total. The Balaban J connectivity index is 1.26. The second-order valence-corrected chi connectivity index (χ2v) is 15.1. The van der Waals surface area contributed by atoms with Gasteiger partial charge in [-0.2, -0.15) is 0 Å². The first kappa shape index (κ1) is 29.4. The highest BCUT2D eigenvalue weighted by Gasteiger charge is 2.21. The fraction of sp³-hybridized carbons (Fsp3) is 0.0889. The fourth-order valence-electron chi connectivity index (χ4n) is 7.51. The van der Waals surface area contributed by atoms with Crippen LogP contribution in [0, 0.1) is 0 Å². The Morgan fingerprint density at radius 2 is 1.16 bits per heavy atom. The van der Waals surface area contributed by atoms with E-state index in [0.717, 1.165) is 53.8 Å². The molecule has 0 spiro atoms. The number of fused-ring (bicyclic) bond motifs is 6. The topological polar surface area (TPSA) is 38.7 Å². The average Bonchev–Trinajstić information content (AvgIpc) is 3.77. The maximum atomic E-state index is 5.22. The first-order chi connectivity index (χ1) is 24.8. The van der Waals surface area contributed by atoms with Gasteiger partial charge in [-0.1, -0.05) is 97.1 Å². The molecule has 5 heteroatoms. The molecule has 0 fully saturated rings. The van der Waals surface area contributed by atoms with Gasteiger partial charge < -0.3 is 0 Å². The Labute approximate surface area is 298 Å². The zero-order valence-electron chi connectivity index (χ0n) is 27.3. The summed E-state index contributed by atoms with van der Waals surface area (Å²) in [5.74, 6) is 2.13. The Bertz CT molecular complexity index is 2710. The van der Waals surface area contributed by atoms with Crippen LogP contribution in [0.1, 0.15) is 35.5 Å². The Morgan fingerprint density at radius 1 is 0.500 bits per heavy atom. The fourth-order valence-corrected chi connectivity index (χ4v) is 9.85. The summed E-state index contributed by atoms with van der Waals surface area (Å²) in [5.41, 5.74) is 9.41. The predicted octanol–water partition coefficient (Wildman–Crippen LogP) is 12.8. The number of thiophene rings is 2. The molecule has 0 N–H and O–H groups in total. The summed E-state index contributed by atoms with van der Waals surface area (Å²) < 4.78 is 3.93. The van der Waals surface area contributed by atoms with E-state index >= 15 is 0 Å². The molecule has 5 aromatic carbocycles. The van der Waals surface area contributed by atoms with E-state index in [1.165, 1.54) is 57.4 Å². The highest BCUT2D eigenvalue weighted by atomic mass is 32.1. The molecule has 2 aliphatic rings. The third-order valence-corrected chi connectivity index (χ3v) is 12.2. The second-order valence-electron chi connectivity index (χ2n) is 13.0. The van der Waals surface area contributed by atoms with Crippen LogP contribution < -0.4 is 0 Å². The minimum absolute atomic E-state index is 0.692.